The summed E-state index contributed by atoms with van der Waals surface area (Å²) in [5, 5.41) is 1.49. The molecule has 2 aromatic rings. The van der Waals surface area contributed by atoms with Crippen molar-refractivity contribution in [3.63, 3.8) is 0 Å². The van der Waals surface area contributed by atoms with Crippen LogP contribution in [0.4, 0.5) is 4.79 Å². The van der Waals surface area contributed by atoms with Crippen LogP contribution >= 0.6 is 0 Å². The smallest absolute Gasteiger partial charge is 0.345 e. The van der Waals surface area contributed by atoms with Gasteiger partial charge in [0, 0.05) is 27.1 Å². The maximum atomic E-state index is 13.3. The SMILES string of the molecule is CN(C)C(=O)C1(Cc2ccccc2)CCC2CN1C(=O)N2OCc1ccccc1. The predicted octanol–water partition coefficient (Wildman–Crippen LogP) is 3.09. The summed E-state index contributed by atoms with van der Waals surface area (Å²) < 4.78 is 0. The normalized spacial score (nSPS) is 23.4. The predicted molar refractivity (Wildman–Crippen MR) is 110 cm³/mol. The van der Waals surface area contributed by atoms with Crippen molar-refractivity contribution >= 4 is 11.9 Å². The number of urea groups is 1. The van der Waals surface area contributed by atoms with Crippen LogP contribution in [0.1, 0.15) is 24.0 Å². The van der Waals surface area contributed by atoms with Gasteiger partial charge in [0.2, 0.25) is 5.91 Å². The number of rotatable bonds is 6. The summed E-state index contributed by atoms with van der Waals surface area (Å²) in [5.74, 6) is -0.0296. The minimum atomic E-state index is -0.872. The fraction of sp³-hybridized carbons (Fsp3) is 0.391. The van der Waals surface area contributed by atoms with Gasteiger partial charge < -0.3 is 9.80 Å². The number of nitrogens with zero attached hydrogens (tertiary/aromatic N) is 3. The van der Waals surface area contributed by atoms with Gasteiger partial charge in [0.25, 0.3) is 0 Å². The highest BCUT2D eigenvalue weighted by Crippen LogP contribution is 2.40. The second-order valence-corrected chi connectivity index (χ2v) is 8.06. The van der Waals surface area contributed by atoms with Crippen molar-refractivity contribution in [1.82, 2.24) is 14.9 Å². The van der Waals surface area contributed by atoms with Crippen LogP contribution in [0.25, 0.3) is 0 Å². The van der Waals surface area contributed by atoms with Crippen molar-refractivity contribution in [2.24, 2.45) is 0 Å². The lowest BCUT2D eigenvalue weighted by atomic mass is 9.80. The third-order valence-electron chi connectivity index (χ3n) is 5.91. The van der Waals surface area contributed by atoms with Crippen LogP contribution < -0.4 is 0 Å². The summed E-state index contributed by atoms with van der Waals surface area (Å²) in [6.45, 7) is 0.851. The summed E-state index contributed by atoms with van der Waals surface area (Å²) in [7, 11) is 3.51. The van der Waals surface area contributed by atoms with Crippen LogP contribution in [0, 0.1) is 0 Å². The van der Waals surface area contributed by atoms with Crippen molar-refractivity contribution in [3.05, 3.63) is 71.8 Å². The van der Waals surface area contributed by atoms with E-state index in [2.05, 4.69) is 0 Å². The van der Waals surface area contributed by atoms with E-state index in [4.69, 9.17) is 4.84 Å². The Morgan fingerprint density at radius 1 is 1.07 bits per heavy atom. The molecule has 29 heavy (non-hydrogen) atoms. The molecule has 6 heteroatoms. The lowest BCUT2D eigenvalue weighted by molar-refractivity contribution is -0.143. The second kappa shape index (κ2) is 7.87. The molecule has 0 N–H and O–H groups in total. The number of likely N-dealkylation sites (N-methyl/N-ethyl adjacent to an activating group) is 1. The fourth-order valence-corrected chi connectivity index (χ4v) is 4.46. The number of hydrogen-bond donors (Lipinski definition) is 0. The molecule has 2 unspecified atom stereocenters. The van der Waals surface area contributed by atoms with Gasteiger partial charge in [-0.25, -0.2) is 4.79 Å². The van der Waals surface area contributed by atoms with Gasteiger partial charge >= 0.3 is 6.03 Å². The highest BCUT2D eigenvalue weighted by molar-refractivity contribution is 5.92. The first kappa shape index (κ1) is 19.5. The number of amides is 3. The van der Waals surface area contributed by atoms with E-state index in [9.17, 15) is 9.59 Å². The Balaban J connectivity index is 1.58. The fourth-order valence-electron chi connectivity index (χ4n) is 4.46. The number of carbonyl (C=O) groups is 2. The number of fused-ring (bicyclic) bond motifs is 2. The van der Waals surface area contributed by atoms with Gasteiger partial charge in [0.05, 0.1) is 6.04 Å². The Morgan fingerprint density at radius 2 is 1.69 bits per heavy atom. The van der Waals surface area contributed by atoms with Crippen molar-refractivity contribution in [2.75, 3.05) is 20.6 Å². The number of carbonyl (C=O) groups excluding carboxylic acids is 2. The Kier molecular flexibility index (Phi) is 5.28. The van der Waals surface area contributed by atoms with Gasteiger partial charge in [-0.1, -0.05) is 60.7 Å². The van der Waals surface area contributed by atoms with Crippen LogP contribution in [-0.2, 0) is 22.7 Å². The number of hydroxylamine groups is 2. The Bertz CT molecular complexity index is 871. The highest BCUT2D eigenvalue weighted by atomic mass is 16.7. The molecule has 0 spiro atoms. The summed E-state index contributed by atoms with van der Waals surface area (Å²) in [5.41, 5.74) is 1.19. The van der Waals surface area contributed by atoms with Crippen LogP contribution in [0.2, 0.25) is 0 Å². The molecule has 3 amide bonds. The number of piperidine rings is 1. The molecule has 2 aromatic carbocycles. The molecule has 2 aliphatic rings. The second-order valence-electron chi connectivity index (χ2n) is 8.06. The molecule has 2 atom stereocenters. The molecular formula is C23H27N3O3. The molecule has 0 aliphatic carbocycles. The van der Waals surface area contributed by atoms with E-state index in [1.54, 1.807) is 23.9 Å². The quantitative estimate of drug-likeness (QED) is 0.758. The minimum absolute atomic E-state index is 0.0231. The van der Waals surface area contributed by atoms with Crippen LogP contribution in [-0.4, -0.2) is 59.0 Å². The first-order valence-corrected chi connectivity index (χ1v) is 10.0. The first-order valence-electron chi connectivity index (χ1n) is 10.0. The van der Waals surface area contributed by atoms with Crippen LogP contribution in [0.5, 0.6) is 0 Å². The zero-order chi connectivity index (χ0) is 20.4. The summed E-state index contributed by atoms with van der Waals surface area (Å²) in [4.78, 5) is 35.9. The zero-order valence-corrected chi connectivity index (χ0v) is 17.0. The van der Waals surface area contributed by atoms with E-state index in [1.807, 2.05) is 60.7 Å². The standard InChI is InChI=1S/C23H27N3O3/c1-24(2)21(27)23(15-18-9-5-3-6-10-18)14-13-20-16-25(23)22(28)26(20)29-17-19-11-7-4-8-12-19/h3-12,20H,13-17H2,1-2H3. The lowest BCUT2D eigenvalue weighted by Gasteiger charge is -2.43. The Labute approximate surface area is 171 Å². The largest absolute Gasteiger partial charge is 0.347 e. The topological polar surface area (TPSA) is 53.1 Å². The summed E-state index contributed by atoms with van der Waals surface area (Å²) in [6, 6.07) is 19.5. The van der Waals surface area contributed by atoms with Crippen LogP contribution in [0.3, 0.4) is 0 Å². The van der Waals surface area contributed by atoms with Gasteiger partial charge in [-0.3, -0.25) is 9.63 Å². The lowest BCUT2D eigenvalue weighted by Crippen LogP contribution is -2.62. The molecule has 152 valence electrons. The molecule has 0 aromatic heterocycles. The van der Waals surface area contributed by atoms with Gasteiger partial charge in [0.15, 0.2) is 0 Å². The maximum Gasteiger partial charge on any atom is 0.345 e. The van der Waals surface area contributed by atoms with Crippen molar-refractivity contribution in [2.45, 2.75) is 37.5 Å². The average Bonchev–Trinajstić information content (AvgIpc) is 3.01. The van der Waals surface area contributed by atoms with E-state index in [0.717, 1.165) is 17.5 Å². The number of hydrogen-bond acceptors (Lipinski definition) is 3. The van der Waals surface area contributed by atoms with Crippen molar-refractivity contribution in [1.29, 1.82) is 0 Å². The summed E-state index contributed by atoms with van der Waals surface area (Å²) >= 11 is 0. The molecule has 0 saturated carbocycles. The zero-order valence-electron chi connectivity index (χ0n) is 17.0. The van der Waals surface area contributed by atoms with E-state index >= 15 is 0 Å². The molecule has 2 saturated heterocycles. The third-order valence-corrected chi connectivity index (χ3v) is 5.91. The van der Waals surface area contributed by atoms with Crippen LogP contribution in [0.15, 0.2) is 60.7 Å². The molecule has 2 heterocycles. The van der Waals surface area contributed by atoms with Gasteiger partial charge in [0.1, 0.15) is 12.1 Å². The Hall–Kier alpha value is -2.86. The van der Waals surface area contributed by atoms with Gasteiger partial charge in [-0.2, -0.15) is 5.06 Å². The monoisotopic (exact) mass is 393 g/mol. The van der Waals surface area contributed by atoms with E-state index in [0.29, 0.717) is 26.0 Å². The first-order chi connectivity index (χ1) is 14.0. The molecule has 2 fully saturated rings. The van der Waals surface area contributed by atoms with Crippen molar-refractivity contribution in [3.8, 4) is 0 Å². The number of benzene rings is 2. The van der Waals surface area contributed by atoms with E-state index < -0.39 is 5.54 Å². The molecule has 6 nitrogen and oxygen atoms in total. The average molecular weight is 393 g/mol. The van der Waals surface area contributed by atoms with E-state index in [-0.39, 0.29) is 18.0 Å². The van der Waals surface area contributed by atoms with Gasteiger partial charge in [-0.15, -0.1) is 0 Å². The molecule has 2 aliphatic heterocycles. The molecule has 2 bridgehead atoms. The molecule has 4 rings (SSSR count). The summed E-state index contributed by atoms with van der Waals surface area (Å²) in [6.07, 6.45) is 1.87. The minimum Gasteiger partial charge on any atom is -0.347 e. The van der Waals surface area contributed by atoms with Crippen molar-refractivity contribution < 1.29 is 14.4 Å². The van der Waals surface area contributed by atoms with E-state index in [1.165, 1.54) is 5.06 Å². The highest BCUT2D eigenvalue weighted by Gasteiger charge is 2.57. The van der Waals surface area contributed by atoms with Gasteiger partial charge in [-0.05, 0) is 24.0 Å². The molecule has 0 radical (unpaired) electrons. The maximum absolute atomic E-state index is 13.3. The third kappa shape index (κ3) is 3.60. The molecular weight excluding hydrogens is 366 g/mol. The Morgan fingerprint density at radius 3 is 2.31 bits per heavy atom.